The molecule has 4 amide bonds. The molecule has 178 valence electrons. The van der Waals surface area contributed by atoms with E-state index in [0.717, 1.165) is 10.5 Å². The van der Waals surface area contributed by atoms with E-state index in [0.29, 0.717) is 36.0 Å². The molecule has 7 heteroatoms. The van der Waals surface area contributed by atoms with Gasteiger partial charge in [0.05, 0.1) is 12.3 Å². The van der Waals surface area contributed by atoms with Crippen LogP contribution >= 0.6 is 0 Å². The smallest absolute Gasteiger partial charge is 0.335 e. The molecule has 0 saturated carbocycles. The maximum Gasteiger partial charge on any atom is 0.335 e. The van der Waals surface area contributed by atoms with Crippen LogP contribution in [0.5, 0.6) is 11.5 Å². The SMILES string of the molecule is CCOc1ccc(N2C(=O)NC(=O)/C(=C\c3ccccc3OCc3ccc(C)c(C)c3)C2=O)cc1. The zero-order chi connectivity index (χ0) is 24.9. The third-order valence-electron chi connectivity index (χ3n) is 5.69. The van der Waals surface area contributed by atoms with Gasteiger partial charge in [0.1, 0.15) is 23.7 Å². The molecule has 1 aliphatic rings. The zero-order valence-corrected chi connectivity index (χ0v) is 19.8. The number of nitrogens with zero attached hydrogens (tertiary/aromatic N) is 1. The van der Waals surface area contributed by atoms with Crippen LogP contribution in [0.2, 0.25) is 0 Å². The molecule has 0 bridgehead atoms. The molecule has 7 nitrogen and oxygen atoms in total. The summed E-state index contributed by atoms with van der Waals surface area (Å²) in [6, 6.07) is 18.9. The van der Waals surface area contributed by atoms with Crippen molar-refractivity contribution >= 4 is 29.6 Å². The number of hydrogen-bond donors (Lipinski definition) is 1. The molecule has 3 aromatic rings. The number of benzene rings is 3. The third kappa shape index (κ3) is 5.24. The Balaban J connectivity index is 1.60. The van der Waals surface area contributed by atoms with Crippen LogP contribution < -0.4 is 19.7 Å². The van der Waals surface area contributed by atoms with Crippen molar-refractivity contribution in [2.45, 2.75) is 27.4 Å². The molecular formula is C28H26N2O5. The van der Waals surface area contributed by atoms with E-state index in [1.54, 1.807) is 42.5 Å². The van der Waals surface area contributed by atoms with E-state index >= 15 is 0 Å². The number of urea groups is 1. The molecule has 0 atom stereocenters. The third-order valence-corrected chi connectivity index (χ3v) is 5.69. The van der Waals surface area contributed by atoms with Crippen molar-refractivity contribution in [3.63, 3.8) is 0 Å². The Morgan fingerprint density at radius 2 is 1.63 bits per heavy atom. The van der Waals surface area contributed by atoms with Crippen molar-refractivity contribution < 1.29 is 23.9 Å². The number of anilines is 1. The van der Waals surface area contributed by atoms with Crippen molar-refractivity contribution in [2.24, 2.45) is 0 Å². The number of amides is 4. The maximum absolute atomic E-state index is 13.2. The molecule has 35 heavy (non-hydrogen) atoms. The number of aryl methyl sites for hydroxylation is 2. The molecular weight excluding hydrogens is 444 g/mol. The van der Waals surface area contributed by atoms with Crippen LogP contribution in [0.4, 0.5) is 10.5 Å². The van der Waals surface area contributed by atoms with Crippen LogP contribution in [0.1, 0.15) is 29.2 Å². The van der Waals surface area contributed by atoms with Gasteiger partial charge in [-0.3, -0.25) is 14.9 Å². The summed E-state index contributed by atoms with van der Waals surface area (Å²) in [6.45, 7) is 6.78. The summed E-state index contributed by atoms with van der Waals surface area (Å²) in [5.74, 6) is -0.343. The minimum atomic E-state index is -0.805. The van der Waals surface area contributed by atoms with Crippen LogP contribution in [-0.2, 0) is 16.2 Å². The first-order valence-corrected chi connectivity index (χ1v) is 11.3. The first-order chi connectivity index (χ1) is 16.9. The van der Waals surface area contributed by atoms with E-state index in [-0.39, 0.29) is 5.57 Å². The van der Waals surface area contributed by atoms with E-state index in [1.165, 1.54) is 17.2 Å². The van der Waals surface area contributed by atoms with Crippen LogP contribution in [0, 0.1) is 13.8 Å². The lowest BCUT2D eigenvalue weighted by molar-refractivity contribution is -0.122. The summed E-state index contributed by atoms with van der Waals surface area (Å²) >= 11 is 0. The van der Waals surface area contributed by atoms with Gasteiger partial charge in [0.15, 0.2) is 0 Å². The number of barbiturate groups is 1. The maximum atomic E-state index is 13.2. The molecule has 4 rings (SSSR count). The van der Waals surface area contributed by atoms with E-state index in [1.807, 2.05) is 32.0 Å². The minimum absolute atomic E-state index is 0.166. The average molecular weight is 471 g/mol. The largest absolute Gasteiger partial charge is 0.494 e. The highest BCUT2D eigenvalue weighted by Crippen LogP contribution is 2.27. The Hall–Kier alpha value is -4.39. The van der Waals surface area contributed by atoms with Gasteiger partial charge >= 0.3 is 6.03 Å². The second-order valence-electron chi connectivity index (χ2n) is 8.13. The summed E-state index contributed by atoms with van der Waals surface area (Å²) in [5.41, 5.74) is 4.09. The number of nitrogens with one attached hydrogen (secondary N) is 1. The lowest BCUT2D eigenvalue weighted by atomic mass is 10.1. The highest BCUT2D eigenvalue weighted by Gasteiger charge is 2.37. The quantitative estimate of drug-likeness (QED) is 0.390. The first-order valence-electron chi connectivity index (χ1n) is 11.3. The van der Waals surface area contributed by atoms with Crippen molar-refractivity contribution in [3.05, 3.63) is 94.6 Å². The summed E-state index contributed by atoms with van der Waals surface area (Å²) in [5, 5.41) is 2.24. The van der Waals surface area contributed by atoms with Gasteiger partial charge in [0, 0.05) is 5.56 Å². The van der Waals surface area contributed by atoms with Crippen molar-refractivity contribution in [1.29, 1.82) is 0 Å². The Morgan fingerprint density at radius 3 is 2.34 bits per heavy atom. The predicted octanol–water partition coefficient (Wildman–Crippen LogP) is 4.95. The fourth-order valence-corrected chi connectivity index (χ4v) is 3.69. The lowest BCUT2D eigenvalue weighted by Gasteiger charge is -2.26. The van der Waals surface area contributed by atoms with Crippen LogP contribution in [-0.4, -0.2) is 24.5 Å². The van der Waals surface area contributed by atoms with Crippen LogP contribution in [0.25, 0.3) is 6.08 Å². The first kappa shape index (κ1) is 23.8. The number of carbonyl (C=O) groups is 3. The van der Waals surface area contributed by atoms with Crippen molar-refractivity contribution in [3.8, 4) is 11.5 Å². The fourth-order valence-electron chi connectivity index (χ4n) is 3.69. The molecule has 3 aromatic carbocycles. The summed E-state index contributed by atoms with van der Waals surface area (Å²) in [7, 11) is 0. The summed E-state index contributed by atoms with van der Waals surface area (Å²) < 4.78 is 11.4. The number of hydrogen-bond acceptors (Lipinski definition) is 5. The van der Waals surface area contributed by atoms with Crippen LogP contribution in [0.3, 0.4) is 0 Å². The monoisotopic (exact) mass is 470 g/mol. The van der Waals surface area contributed by atoms with Gasteiger partial charge < -0.3 is 9.47 Å². The van der Waals surface area contributed by atoms with Gasteiger partial charge in [0.25, 0.3) is 11.8 Å². The van der Waals surface area contributed by atoms with Gasteiger partial charge in [-0.2, -0.15) is 0 Å². The number of para-hydroxylation sites is 1. The van der Waals surface area contributed by atoms with E-state index in [2.05, 4.69) is 18.3 Å². The Labute approximate surface area is 204 Å². The molecule has 1 aliphatic heterocycles. The predicted molar refractivity (Wildman–Crippen MR) is 133 cm³/mol. The minimum Gasteiger partial charge on any atom is -0.494 e. The van der Waals surface area contributed by atoms with Gasteiger partial charge in [-0.05, 0) is 73.9 Å². The Morgan fingerprint density at radius 1 is 0.886 bits per heavy atom. The van der Waals surface area contributed by atoms with Gasteiger partial charge in [-0.15, -0.1) is 0 Å². The molecule has 1 saturated heterocycles. The molecule has 0 aliphatic carbocycles. The van der Waals surface area contributed by atoms with Crippen molar-refractivity contribution in [1.82, 2.24) is 5.32 Å². The molecule has 0 radical (unpaired) electrons. The molecule has 0 spiro atoms. The molecule has 1 fully saturated rings. The number of imide groups is 2. The standard InChI is InChI=1S/C28H26N2O5/c1-4-34-23-13-11-22(12-14-23)30-27(32)24(26(31)29-28(30)33)16-21-7-5-6-8-25(21)35-17-20-10-9-18(2)19(3)15-20/h5-16H,4,17H2,1-3H3,(H,29,31,33)/b24-16+. The van der Waals surface area contributed by atoms with E-state index in [4.69, 9.17) is 9.47 Å². The topological polar surface area (TPSA) is 84.9 Å². The summed E-state index contributed by atoms with van der Waals surface area (Å²) in [6.07, 6.45) is 1.45. The highest BCUT2D eigenvalue weighted by atomic mass is 16.5. The molecule has 1 N–H and O–H groups in total. The Kier molecular flexibility index (Phi) is 6.96. The van der Waals surface area contributed by atoms with Crippen molar-refractivity contribution in [2.75, 3.05) is 11.5 Å². The number of carbonyl (C=O) groups excluding carboxylic acids is 3. The Bertz CT molecular complexity index is 1310. The molecule has 1 heterocycles. The zero-order valence-electron chi connectivity index (χ0n) is 19.8. The molecule has 0 aromatic heterocycles. The second kappa shape index (κ2) is 10.3. The fraction of sp³-hybridized carbons (Fsp3) is 0.179. The number of ether oxygens (including phenoxy) is 2. The lowest BCUT2D eigenvalue weighted by Crippen LogP contribution is -2.54. The van der Waals surface area contributed by atoms with Gasteiger partial charge in [-0.1, -0.05) is 36.4 Å². The van der Waals surface area contributed by atoms with E-state index in [9.17, 15) is 14.4 Å². The molecule has 0 unspecified atom stereocenters. The summed E-state index contributed by atoms with van der Waals surface area (Å²) in [4.78, 5) is 39.2. The normalized spacial score (nSPS) is 14.8. The van der Waals surface area contributed by atoms with E-state index < -0.39 is 17.8 Å². The van der Waals surface area contributed by atoms with Gasteiger partial charge in [-0.25, -0.2) is 9.69 Å². The number of rotatable bonds is 7. The van der Waals surface area contributed by atoms with Gasteiger partial charge in [0.2, 0.25) is 0 Å². The average Bonchev–Trinajstić information content (AvgIpc) is 2.84. The highest BCUT2D eigenvalue weighted by molar-refractivity contribution is 6.39. The second-order valence-corrected chi connectivity index (χ2v) is 8.13. The van der Waals surface area contributed by atoms with Crippen LogP contribution in [0.15, 0.2) is 72.3 Å².